The van der Waals surface area contributed by atoms with Crippen LogP contribution < -0.4 is 28.5 Å². The van der Waals surface area contributed by atoms with Gasteiger partial charge in [0.15, 0.2) is 12.4 Å². The maximum atomic E-state index is 11.1. The van der Waals surface area contributed by atoms with Gasteiger partial charge < -0.3 is 28.5 Å². The van der Waals surface area contributed by atoms with E-state index < -0.39 is 0 Å². The first-order valence-electron chi connectivity index (χ1n) is 8.26. The minimum atomic E-state index is 0. The lowest BCUT2D eigenvalue weighted by Gasteiger charge is -2.00. The van der Waals surface area contributed by atoms with Crippen molar-refractivity contribution in [3.05, 3.63) is 77.6 Å². The second-order valence-electron chi connectivity index (χ2n) is 6.36. The molecule has 0 amide bonds. The topological polar surface area (TPSA) is 25.9 Å². The second kappa shape index (κ2) is 7.41. The number of benzene rings is 2. The summed E-state index contributed by atoms with van der Waals surface area (Å²) in [6.45, 7) is 0. The molecule has 0 aliphatic rings. The van der Waals surface area contributed by atoms with Crippen LogP contribution in [0.1, 0.15) is 21.5 Å². The average molecular weight is 454 g/mol. The zero-order valence-corrected chi connectivity index (χ0v) is 16.8. The minimum Gasteiger partial charge on any atom is -1.00 e. The first kappa shape index (κ1) is 18.3. The van der Waals surface area contributed by atoms with E-state index in [1.54, 1.807) is 0 Å². The number of aryl methyl sites for hydroxylation is 2. The van der Waals surface area contributed by atoms with E-state index in [-0.39, 0.29) is 24.0 Å². The molecule has 26 heavy (non-hydrogen) atoms. The van der Waals surface area contributed by atoms with Gasteiger partial charge in [-0.1, -0.05) is 36.4 Å². The SMILES string of the molecule is Cn1c2cc(C=O)ccc2c2ccc(/C=C/c3cc[n+](C)cc3)cc21.[I-]. The third-order valence-corrected chi connectivity index (χ3v) is 4.67. The number of halogens is 1. The first-order chi connectivity index (χ1) is 12.2. The van der Waals surface area contributed by atoms with Crippen LogP contribution in [0.5, 0.6) is 0 Å². The summed E-state index contributed by atoms with van der Waals surface area (Å²) in [5.74, 6) is 0. The number of aldehydes is 1. The highest BCUT2D eigenvalue weighted by atomic mass is 127. The van der Waals surface area contributed by atoms with Crippen molar-refractivity contribution < 1.29 is 33.3 Å². The third-order valence-electron chi connectivity index (χ3n) is 4.67. The molecule has 0 radical (unpaired) electrons. The molecule has 0 spiro atoms. The lowest BCUT2D eigenvalue weighted by atomic mass is 10.1. The highest BCUT2D eigenvalue weighted by Gasteiger charge is 2.08. The molecule has 0 saturated carbocycles. The monoisotopic (exact) mass is 454 g/mol. The quantitative estimate of drug-likeness (QED) is 0.259. The number of hydrogen-bond acceptors (Lipinski definition) is 1. The summed E-state index contributed by atoms with van der Waals surface area (Å²) in [4.78, 5) is 11.1. The Labute approximate surface area is 169 Å². The maximum Gasteiger partial charge on any atom is 0.169 e. The second-order valence-corrected chi connectivity index (χ2v) is 6.36. The van der Waals surface area contributed by atoms with Gasteiger partial charge in [-0.15, -0.1) is 0 Å². The predicted molar refractivity (Wildman–Crippen MR) is 102 cm³/mol. The Hall–Kier alpha value is -2.47. The molecule has 0 aliphatic carbocycles. The van der Waals surface area contributed by atoms with E-state index >= 15 is 0 Å². The van der Waals surface area contributed by atoms with Gasteiger partial charge in [0.1, 0.15) is 13.3 Å². The van der Waals surface area contributed by atoms with Crippen LogP contribution in [0.15, 0.2) is 60.9 Å². The van der Waals surface area contributed by atoms with Crippen molar-refractivity contribution in [1.82, 2.24) is 4.57 Å². The number of rotatable bonds is 3. The Kier molecular flexibility index (Phi) is 5.23. The predicted octanol–water partition coefficient (Wildman–Crippen LogP) is 1.14. The highest BCUT2D eigenvalue weighted by molar-refractivity contribution is 6.09. The molecular formula is C22H19IN2O. The van der Waals surface area contributed by atoms with Gasteiger partial charge in [-0.3, -0.25) is 4.79 Å². The van der Waals surface area contributed by atoms with Crippen LogP contribution in [0.3, 0.4) is 0 Å². The molecule has 4 rings (SSSR count). The van der Waals surface area contributed by atoms with Crippen molar-refractivity contribution in [1.29, 1.82) is 0 Å². The number of carbonyl (C=O) groups excluding carboxylic acids is 1. The van der Waals surface area contributed by atoms with Crippen LogP contribution in [0.4, 0.5) is 0 Å². The van der Waals surface area contributed by atoms with E-state index in [9.17, 15) is 4.79 Å². The molecule has 3 nitrogen and oxygen atoms in total. The van der Waals surface area contributed by atoms with E-state index in [0.29, 0.717) is 5.56 Å². The summed E-state index contributed by atoms with van der Waals surface area (Å²) in [5, 5.41) is 2.38. The van der Waals surface area contributed by atoms with Crippen LogP contribution in [-0.2, 0) is 14.1 Å². The fraction of sp³-hybridized carbons (Fsp3) is 0.0909. The number of pyridine rings is 1. The Morgan fingerprint density at radius 2 is 1.35 bits per heavy atom. The molecule has 2 aromatic carbocycles. The van der Waals surface area contributed by atoms with Crippen molar-refractivity contribution in [2.75, 3.05) is 0 Å². The maximum absolute atomic E-state index is 11.1. The van der Waals surface area contributed by atoms with Crippen LogP contribution in [0.2, 0.25) is 0 Å². The van der Waals surface area contributed by atoms with Gasteiger partial charge in [0.2, 0.25) is 0 Å². The standard InChI is InChI=1S/C22H19N2O.HI/c1-23-11-9-16(10-12-23)3-4-17-5-7-19-20-8-6-18(15-25)14-22(20)24(2)21(19)13-17;/h3-15H,1-2H3;1H/q+1;/p-1. The number of aromatic nitrogens is 2. The van der Waals surface area contributed by atoms with Crippen LogP contribution >= 0.6 is 0 Å². The van der Waals surface area contributed by atoms with Gasteiger partial charge in [-0.2, -0.15) is 0 Å². The Bertz CT molecular complexity index is 1120. The van der Waals surface area contributed by atoms with Gasteiger partial charge in [0.25, 0.3) is 0 Å². The largest absolute Gasteiger partial charge is 1.00 e. The summed E-state index contributed by atoms with van der Waals surface area (Å²) < 4.78 is 4.17. The fourth-order valence-electron chi connectivity index (χ4n) is 3.23. The van der Waals surface area contributed by atoms with Gasteiger partial charge in [0.05, 0.1) is 0 Å². The molecule has 0 atom stereocenters. The lowest BCUT2D eigenvalue weighted by Crippen LogP contribution is -3.00. The summed E-state index contributed by atoms with van der Waals surface area (Å²) in [6.07, 6.45) is 9.22. The zero-order chi connectivity index (χ0) is 17.4. The Morgan fingerprint density at radius 1 is 0.808 bits per heavy atom. The van der Waals surface area contributed by atoms with Gasteiger partial charge in [-0.05, 0) is 23.3 Å². The molecule has 0 aliphatic heterocycles. The van der Waals surface area contributed by atoms with Crippen LogP contribution in [-0.4, -0.2) is 10.9 Å². The Morgan fingerprint density at radius 3 is 1.96 bits per heavy atom. The Balaban J connectivity index is 0.00000196. The summed E-state index contributed by atoms with van der Waals surface area (Å²) in [6, 6.07) is 16.5. The molecule has 0 saturated heterocycles. The normalized spacial score (nSPS) is 11.2. The number of hydrogen-bond donors (Lipinski definition) is 0. The minimum absolute atomic E-state index is 0. The number of fused-ring (bicyclic) bond motifs is 3. The number of nitrogens with zero attached hydrogens (tertiary/aromatic N) is 2. The molecule has 4 heteroatoms. The van der Waals surface area contributed by atoms with Crippen molar-refractivity contribution in [2.24, 2.45) is 14.1 Å². The summed E-state index contributed by atoms with van der Waals surface area (Å²) in [5.41, 5.74) is 5.28. The third kappa shape index (κ3) is 3.29. The molecule has 0 fully saturated rings. The van der Waals surface area contributed by atoms with Crippen LogP contribution in [0, 0.1) is 0 Å². The number of carbonyl (C=O) groups is 1. The van der Waals surface area contributed by atoms with Crippen molar-refractivity contribution >= 4 is 40.2 Å². The molecule has 4 aromatic rings. The van der Waals surface area contributed by atoms with Gasteiger partial charge in [-0.25, -0.2) is 4.57 Å². The molecule has 2 aromatic heterocycles. The van der Waals surface area contributed by atoms with Crippen molar-refractivity contribution in [3.8, 4) is 0 Å². The zero-order valence-electron chi connectivity index (χ0n) is 14.7. The molecule has 2 heterocycles. The summed E-state index contributed by atoms with van der Waals surface area (Å²) >= 11 is 0. The van der Waals surface area contributed by atoms with E-state index in [1.807, 2.05) is 49.3 Å². The van der Waals surface area contributed by atoms with E-state index in [1.165, 1.54) is 21.9 Å². The molecule has 0 unspecified atom stereocenters. The lowest BCUT2D eigenvalue weighted by molar-refractivity contribution is -0.671. The fourth-order valence-corrected chi connectivity index (χ4v) is 3.23. The summed E-state index contributed by atoms with van der Waals surface area (Å²) in [7, 11) is 4.06. The van der Waals surface area contributed by atoms with Crippen molar-refractivity contribution in [2.45, 2.75) is 0 Å². The van der Waals surface area contributed by atoms with E-state index in [0.717, 1.165) is 17.4 Å². The smallest absolute Gasteiger partial charge is 0.169 e. The van der Waals surface area contributed by atoms with E-state index in [4.69, 9.17) is 0 Å². The van der Waals surface area contributed by atoms with Crippen molar-refractivity contribution in [3.63, 3.8) is 0 Å². The van der Waals surface area contributed by atoms with Gasteiger partial charge in [0, 0.05) is 46.5 Å². The first-order valence-corrected chi connectivity index (χ1v) is 8.26. The molecule has 0 bridgehead atoms. The van der Waals surface area contributed by atoms with E-state index in [2.05, 4.69) is 47.1 Å². The van der Waals surface area contributed by atoms with Crippen LogP contribution in [0.25, 0.3) is 34.0 Å². The average Bonchev–Trinajstić information content (AvgIpc) is 2.93. The molecular weight excluding hydrogens is 435 g/mol. The molecule has 0 N–H and O–H groups in total. The van der Waals surface area contributed by atoms with Gasteiger partial charge >= 0.3 is 0 Å². The highest BCUT2D eigenvalue weighted by Crippen LogP contribution is 2.29. The molecule has 130 valence electrons.